The van der Waals surface area contributed by atoms with Crippen LogP contribution in [0.3, 0.4) is 0 Å². The number of hydrogen-bond donors (Lipinski definition) is 1. The van der Waals surface area contributed by atoms with Gasteiger partial charge in [0.1, 0.15) is 0 Å². The van der Waals surface area contributed by atoms with Crippen LogP contribution in [-0.2, 0) is 6.54 Å². The fraction of sp³-hybridized carbons (Fsp3) is 0.429. The van der Waals surface area contributed by atoms with Crippen molar-refractivity contribution in [3.63, 3.8) is 0 Å². The molecule has 1 aliphatic heterocycles. The number of nitrogens with one attached hydrogen (secondary N) is 1. The molecule has 0 atom stereocenters. The lowest BCUT2D eigenvalue weighted by Gasteiger charge is -2.26. The maximum Gasteiger partial charge on any atom is 0.0786 e. The molecule has 1 fully saturated rings. The molecule has 0 amide bonds. The van der Waals surface area contributed by atoms with Crippen molar-refractivity contribution in [2.24, 2.45) is 0 Å². The second-order valence-electron chi connectivity index (χ2n) is 5.00. The number of piperazine rings is 1. The normalized spacial score (nSPS) is 16.7. The summed E-state index contributed by atoms with van der Waals surface area (Å²) in [6, 6.07) is 8.36. The van der Waals surface area contributed by atoms with Gasteiger partial charge in [-0.3, -0.25) is 4.90 Å². The minimum Gasteiger partial charge on any atom is -0.314 e. The maximum absolute atomic E-state index is 4.22. The van der Waals surface area contributed by atoms with Gasteiger partial charge in [0, 0.05) is 32.7 Å². The van der Waals surface area contributed by atoms with Crippen LogP contribution in [0.5, 0.6) is 0 Å². The zero-order valence-corrected chi connectivity index (χ0v) is 11.2. The van der Waals surface area contributed by atoms with Gasteiger partial charge in [-0.15, -0.1) is 5.10 Å². The van der Waals surface area contributed by atoms with Crippen LogP contribution in [0.25, 0.3) is 5.69 Å². The molecule has 1 aliphatic rings. The number of aromatic nitrogens is 3. The molecule has 5 heteroatoms. The van der Waals surface area contributed by atoms with E-state index in [0.29, 0.717) is 0 Å². The molecule has 1 aromatic heterocycles. The van der Waals surface area contributed by atoms with E-state index in [1.165, 1.54) is 5.56 Å². The predicted octanol–water partition coefficient (Wildman–Crippen LogP) is 0.981. The second-order valence-corrected chi connectivity index (χ2v) is 5.00. The zero-order chi connectivity index (χ0) is 13.1. The number of nitrogens with zero attached hydrogens (tertiary/aromatic N) is 4. The van der Waals surface area contributed by atoms with Gasteiger partial charge in [-0.1, -0.05) is 17.3 Å². The van der Waals surface area contributed by atoms with Gasteiger partial charge in [-0.05, 0) is 24.6 Å². The average Bonchev–Trinajstić information content (AvgIpc) is 2.88. The Morgan fingerprint density at radius 3 is 2.89 bits per heavy atom. The highest BCUT2D eigenvalue weighted by atomic mass is 15.4. The van der Waals surface area contributed by atoms with Gasteiger partial charge in [-0.2, -0.15) is 0 Å². The summed E-state index contributed by atoms with van der Waals surface area (Å²) >= 11 is 0. The van der Waals surface area contributed by atoms with E-state index in [0.717, 1.165) is 44.1 Å². The molecule has 2 aromatic rings. The molecule has 1 aromatic carbocycles. The third kappa shape index (κ3) is 2.83. The van der Waals surface area contributed by atoms with Crippen molar-refractivity contribution in [2.75, 3.05) is 26.2 Å². The fourth-order valence-corrected chi connectivity index (χ4v) is 2.44. The van der Waals surface area contributed by atoms with Crippen LogP contribution < -0.4 is 5.32 Å². The van der Waals surface area contributed by atoms with Gasteiger partial charge in [0.2, 0.25) is 0 Å². The van der Waals surface area contributed by atoms with Gasteiger partial charge in [-0.25, -0.2) is 4.68 Å². The number of rotatable bonds is 3. The Bertz CT molecular complexity index is 542. The summed E-state index contributed by atoms with van der Waals surface area (Å²) in [5.74, 6) is 0. The number of hydrogen-bond acceptors (Lipinski definition) is 4. The quantitative estimate of drug-likeness (QED) is 0.890. The number of aryl methyl sites for hydroxylation is 1. The first-order chi connectivity index (χ1) is 9.33. The van der Waals surface area contributed by atoms with Crippen LogP contribution in [-0.4, -0.2) is 46.1 Å². The van der Waals surface area contributed by atoms with E-state index in [4.69, 9.17) is 0 Å². The lowest BCUT2D eigenvalue weighted by molar-refractivity contribution is 0.229. The van der Waals surface area contributed by atoms with Crippen LogP contribution in [0.15, 0.2) is 30.5 Å². The minimum atomic E-state index is 0.905. The summed E-state index contributed by atoms with van der Waals surface area (Å²) in [5.41, 5.74) is 3.47. The van der Waals surface area contributed by atoms with Crippen LogP contribution in [0.2, 0.25) is 0 Å². The van der Waals surface area contributed by atoms with E-state index in [9.17, 15) is 0 Å². The summed E-state index contributed by atoms with van der Waals surface area (Å²) in [6.07, 6.45) is 1.87. The largest absolute Gasteiger partial charge is 0.314 e. The molecule has 1 N–H and O–H groups in total. The second kappa shape index (κ2) is 5.50. The molecular formula is C14H19N5. The smallest absolute Gasteiger partial charge is 0.0786 e. The van der Waals surface area contributed by atoms with Gasteiger partial charge < -0.3 is 5.32 Å². The average molecular weight is 257 g/mol. The van der Waals surface area contributed by atoms with Crippen molar-refractivity contribution in [3.8, 4) is 5.69 Å². The highest BCUT2D eigenvalue weighted by molar-refractivity contribution is 5.35. The highest BCUT2D eigenvalue weighted by Gasteiger charge is 2.13. The molecular weight excluding hydrogens is 238 g/mol. The van der Waals surface area contributed by atoms with E-state index < -0.39 is 0 Å². The molecule has 0 bridgehead atoms. The lowest BCUT2D eigenvalue weighted by Crippen LogP contribution is -2.43. The summed E-state index contributed by atoms with van der Waals surface area (Å²) in [4.78, 5) is 2.43. The minimum absolute atomic E-state index is 0.905. The molecule has 0 saturated carbocycles. The van der Waals surface area contributed by atoms with E-state index in [-0.39, 0.29) is 0 Å². The van der Waals surface area contributed by atoms with Crippen LogP contribution in [0.4, 0.5) is 0 Å². The Morgan fingerprint density at radius 2 is 2.11 bits per heavy atom. The third-order valence-electron chi connectivity index (χ3n) is 3.46. The van der Waals surface area contributed by atoms with E-state index in [1.807, 2.05) is 10.9 Å². The molecule has 0 radical (unpaired) electrons. The van der Waals surface area contributed by atoms with Crippen molar-refractivity contribution >= 4 is 0 Å². The Morgan fingerprint density at radius 1 is 1.26 bits per heavy atom. The van der Waals surface area contributed by atoms with E-state index in [1.54, 1.807) is 0 Å². The molecule has 0 unspecified atom stereocenters. The Balaban J connectivity index is 1.81. The summed E-state index contributed by atoms with van der Waals surface area (Å²) in [5, 5.41) is 11.7. The van der Waals surface area contributed by atoms with Gasteiger partial charge in [0.25, 0.3) is 0 Å². The van der Waals surface area contributed by atoms with Crippen molar-refractivity contribution in [2.45, 2.75) is 13.5 Å². The lowest BCUT2D eigenvalue weighted by atomic mass is 10.2. The molecule has 1 saturated heterocycles. The van der Waals surface area contributed by atoms with Gasteiger partial charge in [0.15, 0.2) is 0 Å². The zero-order valence-electron chi connectivity index (χ0n) is 11.2. The first kappa shape index (κ1) is 12.3. The van der Waals surface area contributed by atoms with E-state index in [2.05, 4.69) is 51.7 Å². The molecule has 19 heavy (non-hydrogen) atoms. The first-order valence-electron chi connectivity index (χ1n) is 6.72. The third-order valence-corrected chi connectivity index (χ3v) is 3.46. The Hall–Kier alpha value is -1.72. The molecule has 2 heterocycles. The van der Waals surface area contributed by atoms with E-state index >= 15 is 0 Å². The topological polar surface area (TPSA) is 46.0 Å². The molecule has 0 aliphatic carbocycles. The number of benzene rings is 1. The van der Waals surface area contributed by atoms with Crippen LogP contribution >= 0.6 is 0 Å². The van der Waals surface area contributed by atoms with Crippen molar-refractivity contribution < 1.29 is 0 Å². The predicted molar refractivity (Wildman–Crippen MR) is 74.2 cm³/mol. The fourth-order valence-electron chi connectivity index (χ4n) is 2.44. The molecule has 5 nitrogen and oxygen atoms in total. The Kier molecular flexibility index (Phi) is 3.57. The Labute approximate surface area is 113 Å². The standard InChI is InChI=1S/C14H19N5/c1-12-3-2-4-13(9-12)19-14(10-16-17-19)11-18-7-5-15-6-8-18/h2-4,9-10,15H,5-8,11H2,1H3. The van der Waals surface area contributed by atoms with Crippen molar-refractivity contribution in [1.82, 2.24) is 25.2 Å². The first-order valence-corrected chi connectivity index (χ1v) is 6.72. The van der Waals surface area contributed by atoms with Gasteiger partial charge in [0.05, 0.1) is 17.6 Å². The molecule has 100 valence electrons. The maximum atomic E-state index is 4.22. The summed E-state index contributed by atoms with van der Waals surface area (Å²) in [6.45, 7) is 7.29. The van der Waals surface area contributed by atoms with Crippen molar-refractivity contribution in [3.05, 3.63) is 41.7 Å². The summed E-state index contributed by atoms with van der Waals surface area (Å²) in [7, 11) is 0. The van der Waals surface area contributed by atoms with Gasteiger partial charge >= 0.3 is 0 Å². The summed E-state index contributed by atoms with van der Waals surface area (Å²) < 4.78 is 1.94. The molecule has 3 rings (SSSR count). The molecule has 0 spiro atoms. The monoisotopic (exact) mass is 257 g/mol. The van der Waals surface area contributed by atoms with Crippen LogP contribution in [0, 0.1) is 6.92 Å². The highest BCUT2D eigenvalue weighted by Crippen LogP contribution is 2.13. The SMILES string of the molecule is Cc1cccc(-n2nncc2CN2CCNCC2)c1. The van der Waals surface area contributed by atoms with Crippen LogP contribution in [0.1, 0.15) is 11.3 Å². The van der Waals surface area contributed by atoms with Crippen molar-refractivity contribution in [1.29, 1.82) is 0 Å².